The summed E-state index contributed by atoms with van der Waals surface area (Å²) in [6.45, 7) is 3.05. The van der Waals surface area contributed by atoms with Crippen LogP contribution in [0.3, 0.4) is 0 Å². The maximum absolute atomic E-state index is 13.0. The Kier molecular flexibility index (Phi) is 35.5. The van der Waals surface area contributed by atoms with Crippen LogP contribution in [0.2, 0.25) is 0 Å². The van der Waals surface area contributed by atoms with Crippen molar-refractivity contribution in [2.75, 3.05) is 13.2 Å². The van der Waals surface area contributed by atoms with Gasteiger partial charge < -0.3 is 44.6 Å². The molecule has 0 spiro atoms. The average molecular weight is 967 g/mol. The van der Waals surface area contributed by atoms with Crippen molar-refractivity contribution in [3.8, 4) is 0 Å². The predicted octanol–water partition coefficient (Wildman–Crippen LogP) is 9.29. The molecule has 0 amide bonds. The van der Waals surface area contributed by atoms with Gasteiger partial charge in [-0.3, -0.25) is 23.2 Å². The molecule has 0 bridgehead atoms. The summed E-state index contributed by atoms with van der Waals surface area (Å²) in [6.07, 6.45) is 27.7. The summed E-state index contributed by atoms with van der Waals surface area (Å²) >= 11 is 0. The Hall–Kier alpha value is -2.04. The predicted molar refractivity (Wildman–Crippen MR) is 250 cm³/mol. The number of esters is 2. The molecule has 0 heterocycles. The summed E-state index contributed by atoms with van der Waals surface area (Å²) in [4.78, 5) is 54.3. The first-order valence-corrected chi connectivity index (χ1v) is 27.2. The topological polar surface area (TPSA) is 256 Å². The van der Waals surface area contributed by atoms with Crippen LogP contribution in [0.5, 0.6) is 0 Å². The van der Waals surface area contributed by atoms with Crippen LogP contribution in [0.15, 0.2) is 48.6 Å². The molecule has 8 atom stereocenters. The second-order valence-corrected chi connectivity index (χ2v) is 19.4. The fraction of sp³-hybridized carbons (Fsp3) is 0.787. The molecule has 0 aromatic carbocycles. The molecule has 1 fully saturated rings. The number of allylic oxidation sites excluding steroid dienone is 8. The Labute approximate surface area is 388 Å². The van der Waals surface area contributed by atoms with Crippen molar-refractivity contribution in [3.05, 3.63) is 48.6 Å². The van der Waals surface area contributed by atoms with E-state index >= 15 is 0 Å². The van der Waals surface area contributed by atoms with Crippen LogP contribution in [0.4, 0.5) is 0 Å². The Bertz CT molecular complexity index is 1450. The van der Waals surface area contributed by atoms with E-state index in [-0.39, 0.29) is 12.8 Å². The number of phosphoric ester groups is 2. The first-order chi connectivity index (χ1) is 31.1. The van der Waals surface area contributed by atoms with Crippen molar-refractivity contribution in [1.29, 1.82) is 0 Å². The van der Waals surface area contributed by atoms with E-state index in [9.17, 15) is 53.8 Å². The number of aliphatic hydroxyl groups is 4. The molecule has 16 nitrogen and oxygen atoms in total. The number of unbranched alkanes of at least 4 members (excludes halogenated alkanes) is 18. The van der Waals surface area contributed by atoms with Gasteiger partial charge in [-0.05, 0) is 77.0 Å². The molecular formula is C47H84O16P2. The second-order valence-electron chi connectivity index (χ2n) is 16.8. The normalized spacial score (nSPS) is 22.0. The van der Waals surface area contributed by atoms with Crippen LogP contribution >= 0.6 is 15.6 Å². The van der Waals surface area contributed by atoms with E-state index in [2.05, 4.69) is 67.0 Å². The number of hydrogen-bond acceptors (Lipinski definition) is 13. The largest absolute Gasteiger partial charge is 0.472 e. The first kappa shape index (κ1) is 61.0. The first-order valence-electron chi connectivity index (χ1n) is 24.2. The number of hydrogen-bond donors (Lipinski definition) is 7. The van der Waals surface area contributed by atoms with Crippen LogP contribution in [0.1, 0.15) is 181 Å². The summed E-state index contributed by atoms with van der Waals surface area (Å²) in [5.74, 6) is -1.24. The minimum atomic E-state index is -5.37. The van der Waals surface area contributed by atoms with Crippen LogP contribution in [0.25, 0.3) is 0 Å². The van der Waals surface area contributed by atoms with Crippen molar-refractivity contribution in [2.24, 2.45) is 0 Å². The molecule has 1 rings (SSSR count). The zero-order chi connectivity index (χ0) is 48.2. The van der Waals surface area contributed by atoms with E-state index in [1.54, 1.807) is 0 Å². The third-order valence-electron chi connectivity index (χ3n) is 10.9. The van der Waals surface area contributed by atoms with Gasteiger partial charge >= 0.3 is 27.6 Å². The van der Waals surface area contributed by atoms with Gasteiger partial charge in [0.05, 0.1) is 6.61 Å². The maximum Gasteiger partial charge on any atom is 0.472 e. The van der Waals surface area contributed by atoms with Crippen molar-refractivity contribution < 1.29 is 76.9 Å². The third-order valence-corrected chi connectivity index (χ3v) is 12.4. The summed E-state index contributed by atoms with van der Waals surface area (Å²) in [6, 6.07) is 0. The van der Waals surface area contributed by atoms with Crippen molar-refractivity contribution in [1.82, 2.24) is 0 Å². The average Bonchev–Trinajstić information content (AvgIpc) is 3.26. The van der Waals surface area contributed by atoms with Crippen LogP contribution in [-0.2, 0) is 41.8 Å². The van der Waals surface area contributed by atoms with E-state index in [1.165, 1.54) is 44.9 Å². The Morgan fingerprint density at radius 3 is 1.40 bits per heavy atom. The lowest BCUT2D eigenvalue weighted by atomic mass is 9.85. The van der Waals surface area contributed by atoms with Crippen LogP contribution in [-0.4, -0.2) is 103 Å². The molecule has 0 radical (unpaired) electrons. The molecule has 0 aromatic rings. The zero-order valence-corrected chi connectivity index (χ0v) is 40.9. The highest BCUT2D eigenvalue weighted by molar-refractivity contribution is 7.47. The number of ether oxygens (including phenoxy) is 2. The van der Waals surface area contributed by atoms with Gasteiger partial charge in [-0.15, -0.1) is 0 Å². The minimum Gasteiger partial charge on any atom is -0.462 e. The molecule has 1 saturated carbocycles. The van der Waals surface area contributed by atoms with Gasteiger partial charge in [0, 0.05) is 12.8 Å². The quantitative estimate of drug-likeness (QED) is 0.0131. The van der Waals surface area contributed by atoms with Gasteiger partial charge in [-0.1, -0.05) is 140 Å². The third kappa shape index (κ3) is 32.4. The molecule has 1 aliphatic carbocycles. The van der Waals surface area contributed by atoms with E-state index in [1.807, 2.05) is 0 Å². The number of aliphatic hydroxyl groups excluding tert-OH is 4. The van der Waals surface area contributed by atoms with Crippen molar-refractivity contribution in [3.63, 3.8) is 0 Å². The van der Waals surface area contributed by atoms with Gasteiger partial charge in [0.15, 0.2) is 6.10 Å². The molecule has 18 heteroatoms. The van der Waals surface area contributed by atoms with E-state index in [4.69, 9.17) is 18.5 Å². The second kappa shape index (κ2) is 37.9. The molecule has 378 valence electrons. The fourth-order valence-corrected chi connectivity index (χ4v) is 8.62. The smallest absolute Gasteiger partial charge is 0.462 e. The van der Waals surface area contributed by atoms with Gasteiger partial charge in [0.25, 0.3) is 0 Å². The lowest BCUT2D eigenvalue weighted by Crippen LogP contribution is -2.64. The Morgan fingerprint density at radius 2 is 0.892 bits per heavy atom. The molecule has 1 aliphatic rings. The lowest BCUT2D eigenvalue weighted by Gasteiger charge is -2.43. The molecule has 65 heavy (non-hydrogen) atoms. The van der Waals surface area contributed by atoms with Gasteiger partial charge in [-0.25, -0.2) is 9.13 Å². The Balaban J connectivity index is 2.61. The highest BCUT2D eigenvalue weighted by atomic mass is 31.2. The fourth-order valence-electron chi connectivity index (χ4n) is 7.09. The molecule has 0 aliphatic heterocycles. The van der Waals surface area contributed by atoms with Gasteiger partial charge in [0.1, 0.15) is 43.2 Å². The van der Waals surface area contributed by atoms with E-state index in [0.29, 0.717) is 12.8 Å². The molecule has 7 N–H and O–H groups in total. The summed E-state index contributed by atoms with van der Waals surface area (Å²) in [5.41, 5.74) is 0. The Morgan fingerprint density at radius 1 is 0.492 bits per heavy atom. The maximum atomic E-state index is 13.0. The zero-order valence-electron chi connectivity index (χ0n) is 39.2. The molecular weight excluding hydrogens is 882 g/mol. The summed E-state index contributed by atoms with van der Waals surface area (Å²) < 4.78 is 49.4. The number of rotatable bonds is 40. The highest BCUT2D eigenvalue weighted by Crippen LogP contribution is 2.49. The monoisotopic (exact) mass is 967 g/mol. The highest BCUT2D eigenvalue weighted by Gasteiger charge is 2.54. The number of phosphoric acid groups is 2. The molecule has 5 unspecified atom stereocenters. The number of carbonyl (C=O) groups is 2. The molecule has 0 aromatic heterocycles. The minimum absolute atomic E-state index is 0.0167. The van der Waals surface area contributed by atoms with Crippen molar-refractivity contribution in [2.45, 2.75) is 224 Å². The van der Waals surface area contributed by atoms with Gasteiger partial charge in [-0.2, -0.15) is 0 Å². The standard InChI is InChI=1S/C47H84O16P2/c1-3-5-7-9-11-13-15-17-19-20-22-24-26-28-30-32-34-36-41(49)61-39(37-59-40(48)35-33-31-29-27-25-23-21-18-16-14-12-10-8-6-4-2)38-60-65(57,58)63-47-44(52)42(50)43(51)46(45(47)53)62-64(54,55)56/h11,13-14,16-17,19,22,24,39,42-47,50-53H,3-10,12,15,18,20-21,23,25-38H2,1-2H3,(H,57,58)(H2,54,55,56)/t39-,42?,43?,44?,45?,46-,47+/m1/s1. The van der Waals surface area contributed by atoms with Crippen LogP contribution in [0, 0.1) is 0 Å². The lowest BCUT2D eigenvalue weighted by molar-refractivity contribution is -0.216. The SMILES string of the molecule is CCCCCC=CCC=CCC=CCCCCCCC(=O)O[C@H](COC(=O)CCCCCCCCCC=CCCCCCC)COP(=O)(O)O[C@H]1C(O)C(O)C(O)[C@@H](OP(=O)(O)O)C1O. The molecule has 0 saturated heterocycles. The van der Waals surface area contributed by atoms with E-state index in [0.717, 1.165) is 96.3 Å². The van der Waals surface area contributed by atoms with Crippen LogP contribution < -0.4 is 0 Å². The summed E-state index contributed by atoms with van der Waals surface area (Å²) in [7, 11) is -10.7. The summed E-state index contributed by atoms with van der Waals surface area (Å²) in [5, 5.41) is 41.2. The number of carbonyl (C=O) groups excluding carboxylic acids is 2. The van der Waals surface area contributed by atoms with Gasteiger partial charge in [0.2, 0.25) is 0 Å². The van der Waals surface area contributed by atoms with Crippen molar-refractivity contribution >= 4 is 27.6 Å². The van der Waals surface area contributed by atoms with E-state index < -0.39 is 83.5 Å².